The van der Waals surface area contributed by atoms with Crippen LogP contribution in [0.1, 0.15) is 18.9 Å². The van der Waals surface area contributed by atoms with Crippen LogP contribution >= 0.6 is 11.8 Å². The third-order valence-corrected chi connectivity index (χ3v) is 6.40. The molecule has 0 radical (unpaired) electrons. The molecule has 4 rings (SSSR count). The van der Waals surface area contributed by atoms with Gasteiger partial charge in [-0.1, -0.05) is 36.9 Å². The van der Waals surface area contributed by atoms with Gasteiger partial charge in [0.25, 0.3) is 5.91 Å². The Hall–Kier alpha value is -4.31. The maximum atomic E-state index is 12.6. The number of aromatic hydroxyl groups is 1. The number of phenolic OH excluding ortho intramolecular Hbond substituents is 1. The van der Waals surface area contributed by atoms with E-state index in [0.29, 0.717) is 34.6 Å². The average Bonchev–Trinajstić information content (AvgIpc) is 3.37. The summed E-state index contributed by atoms with van der Waals surface area (Å²) in [5, 5.41) is 23.1. The number of aromatic nitrogens is 3. The number of hydrazone groups is 1. The molecular weight excluding hydrogens is 490 g/mol. The van der Waals surface area contributed by atoms with Gasteiger partial charge in [-0.15, -0.1) is 10.2 Å². The van der Waals surface area contributed by atoms with Gasteiger partial charge in [-0.2, -0.15) is 5.10 Å². The molecular formula is C27H27N5O4S. The van der Waals surface area contributed by atoms with Crippen molar-refractivity contribution in [2.45, 2.75) is 18.5 Å². The highest BCUT2D eigenvalue weighted by molar-refractivity contribution is 7.99. The van der Waals surface area contributed by atoms with Crippen molar-refractivity contribution in [1.29, 1.82) is 0 Å². The largest absolute Gasteiger partial charge is 0.508 e. The smallest absolute Gasteiger partial charge is 0.250 e. The van der Waals surface area contributed by atoms with Gasteiger partial charge in [0.1, 0.15) is 5.75 Å². The van der Waals surface area contributed by atoms with E-state index in [1.54, 1.807) is 38.5 Å². The van der Waals surface area contributed by atoms with E-state index in [4.69, 9.17) is 9.47 Å². The first kappa shape index (κ1) is 25.8. The number of carbonyl (C=O) groups is 1. The second kappa shape index (κ2) is 12.1. The Balaban J connectivity index is 1.56. The van der Waals surface area contributed by atoms with E-state index in [-0.39, 0.29) is 17.4 Å². The minimum Gasteiger partial charge on any atom is -0.508 e. The Morgan fingerprint density at radius 3 is 2.41 bits per heavy atom. The van der Waals surface area contributed by atoms with Crippen molar-refractivity contribution in [3.63, 3.8) is 0 Å². The molecule has 190 valence electrons. The van der Waals surface area contributed by atoms with Gasteiger partial charge in [-0.25, -0.2) is 5.43 Å². The summed E-state index contributed by atoms with van der Waals surface area (Å²) in [5.41, 5.74) is 5.81. The van der Waals surface area contributed by atoms with Gasteiger partial charge in [0.05, 0.1) is 25.7 Å². The number of amides is 1. The number of hydrogen-bond donors (Lipinski definition) is 2. The predicted molar refractivity (Wildman–Crippen MR) is 144 cm³/mol. The molecule has 0 aliphatic rings. The summed E-state index contributed by atoms with van der Waals surface area (Å²) in [6.07, 6.45) is 0.620. The highest BCUT2D eigenvalue weighted by Crippen LogP contribution is 2.34. The van der Waals surface area contributed by atoms with Crippen molar-refractivity contribution in [3.8, 4) is 34.3 Å². The monoisotopic (exact) mass is 517 g/mol. The lowest BCUT2D eigenvalue weighted by molar-refractivity contribution is -0.118. The molecule has 0 saturated heterocycles. The van der Waals surface area contributed by atoms with Crippen LogP contribution in [0.5, 0.6) is 17.2 Å². The number of nitrogens with one attached hydrogen (secondary N) is 1. The zero-order valence-electron chi connectivity index (χ0n) is 20.7. The van der Waals surface area contributed by atoms with Crippen LogP contribution in [0.2, 0.25) is 0 Å². The lowest BCUT2D eigenvalue weighted by atomic mass is 10.1. The topological polar surface area (TPSA) is 111 Å². The van der Waals surface area contributed by atoms with E-state index in [0.717, 1.165) is 16.8 Å². The minimum atomic E-state index is -0.273. The number of nitrogens with zero attached hydrogens (tertiary/aromatic N) is 4. The number of hydrogen-bond acceptors (Lipinski definition) is 8. The summed E-state index contributed by atoms with van der Waals surface area (Å²) >= 11 is 1.26. The Bertz CT molecular complexity index is 1390. The number of benzene rings is 3. The van der Waals surface area contributed by atoms with Gasteiger partial charge < -0.3 is 14.6 Å². The molecule has 0 saturated carbocycles. The van der Waals surface area contributed by atoms with Crippen molar-refractivity contribution >= 4 is 23.4 Å². The van der Waals surface area contributed by atoms with Crippen molar-refractivity contribution in [1.82, 2.24) is 20.2 Å². The number of carbonyl (C=O) groups excluding carboxylic acids is 1. The molecule has 0 fully saturated rings. The van der Waals surface area contributed by atoms with Crippen LogP contribution in [0.25, 0.3) is 17.1 Å². The molecule has 3 aromatic carbocycles. The number of ether oxygens (including phenoxy) is 2. The van der Waals surface area contributed by atoms with Crippen LogP contribution in [-0.4, -0.2) is 51.5 Å². The highest BCUT2D eigenvalue weighted by atomic mass is 32.2. The summed E-state index contributed by atoms with van der Waals surface area (Å²) in [7, 11) is 3.17. The molecule has 1 heterocycles. The molecule has 0 aliphatic heterocycles. The quantitative estimate of drug-likeness (QED) is 0.179. The standard InChI is InChI=1S/C27H27N5O4S/c1-4-22(18-10-13-21(33)14-11-18)28-29-25(34)17-37-27-31-30-26(32(27)20-8-6-5-7-9-20)19-12-15-23(35-2)24(16-19)36-3/h5-16,33H,4,17H2,1-3H3,(H,29,34)/b28-22-. The van der Waals surface area contributed by atoms with Crippen LogP contribution in [0.15, 0.2) is 83.1 Å². The molecule has 10 heteroatoms. The first-order valence-electron chi connectivity index (χ1n) is 11.5. The zero-order chi connectivity index (χ0) is 26.2. The average molecular weight is 518 g/mol. The summed E-state index contributed by atoms with van der Waals surface area (Å²) in [5.74, 6) is 1.79. The highest BCUT2D eigenvalue weighted by Gasteiger charge is 2.19. The third kappa shape index (κ3) is 6.10. The second-order valence-corrected chi connectivity index (χ2v) is 8.77. The van der Waals surface area contributed by atoms with Gasteiger partial charge in [0, 0.05) is 11.3 Å². The summed E-state index contributed by atoms with van der Waals surface area (Å²) in [6.45, 7) is 1.95. The van der Waals surface area contributed by atoms with Gasteiger partial charge in [0.2, 0.25) is 0 Å². The van der Waals surface area contributed by atoms with Gasteiger partial charge in [-0.3, -0.25) is 9.36 Å². The zero-order valence-corrected chi connectivity index (χ0v) is 21.5. The van der Waals surface area contributed by atoms with Crippen LogP contribution in [-0.2, 0) is 4.79 Å². The SMILES string of the molecule is CC/C(=N/NC(=O)CSc1nnc(-c2ccc(OC)c(OC)c2)n1-c1ccccc1)c1ccc(O)cc1. The fourth-order valence-corrected chi connectivity index (χ4v) is 4.37. The maximum Gasteiger partial charge on any atom is 0.250 e. The van der Waals surface area contributed by atoms with E-state index in [2.05, 4.69) is 20.7 Å². The van der Waals surface area contributed by atoms with E-state index >= 15 is 0 Å². The van der Waals surface area contributed by atoms with E-state index in [9.17, 15) is 9.90 Å². The summed E-state index contributed by atoms with van der Waals surface area (Å²) in [4.78, 5) is 12.6. The van der Waals surface area contributed by atoms with Crippen LogP contribution in [0, 0.1) is 0 Å². The first-order valence-corrected chi connectivity index (χ1v) is 12.5. The normalized spacial score (nSPS) is 11.3. The fourth-order valence-electron chi connectivity index (χ4n) is 3.63. The molecule has 1 amide bonds. The number of rotatable bonds is 10. The fraction of sp³-hybridized carbons (Fsp3) is 0.185. The maximum absolute atomic E-state index is 12.6. The lowest BCUT2D eigenvalue weighted by Crippen LogP contribution is -2.22. The molecule has 37 heavy (non-hydrogen) atoms. The Kier molecular flexibility index (Phi) is 8.42. The van der Waals surface area contributed by atoms with Crippen molar-refractivity contribution in [3.05, 3.63) is 78.4 Å². The van der Waals surface area contributed by atoms with Crippen molar-refractivity contribution in [2.75, 3.05) is 20.0 Å². The number of thioether (sulfide) groups is 1. The third-order valence-electron chi connectivity index (χ3n) is 5.47. The van der Waals surface area contributed by atoms with Crippen LogP contribution in [0.3, 0.4) is 0 Å². The lowest BCUT2D eigenvalue weighted by Gasteiger charge is -2.12. The molecule has 4 aromatic rings. The van der Waals surface area contributed by atoms with Gasteiger partial charge in [0.15, 0.2) is 22.5 Å². The summed E-state index contributed by atoms with van der Waals surface area (Å²) in [6, 6.07) is 21.9. The first-order chi connectivity index (χ1) is 18.0. The minimum absolute atomic E-state index is 0.0903. The second-order valence-electron chi connectivity index (χ2n) is 7.83. The molecule has 2 N–H and O–H groups in total. The predicted octanol–water partition coefficient (Wildman–Crippen LogP) is 4.68. The van der Waals surface area contributed by atoms with Crippen LogP contribution in [0.4, 0.5) is 0 Å². The molecule has 9 nitrogen and oxygen atoms in total. The number of methoxy groups -OCH3 is 2. The molecule has 1 aromatic heterocycles. The van der Waals surface area contributed by atoms with Gasteiger partial charge in [-0.05, 0) is 66.6 Å². The Morgan fingerprint density at radius 1 is 1.00 bits per heavy atom. The van der Waals surface area contributed by atoms with E-state index in [1.807, 2.05) is 60.0 Å². The molecule has 0 unspecified atom stereocenters. The summed E-state index contributed by atoms with van der Waals surface area (Å²) < 4.78 is 12.7. The Labute approximate surface area is 219 Å². The van der Waals surface area contributed by atoms with Crippen LogP contribution < -0.4 is 14.9 Å². The molecule has 0 spiro atoms. The van der Waals surface area contributed by atoms with E-state index in [1.165, 1.54) is 11.8 Å². The number of phenols is 1. The Morgan fingerprint density at radius 2 is 1.73 bits per heavy atom. The van der Waals surface area contributed by atoms with Crippen molar-refractivity contribution in [2.24, 2.45) is 5.10 Å². The van der Waals surface area contributed by atoms with Crippen molar-refractivity contribution < 1.29 is 19.4 Å². The van der Waals surface area contributed by atoms with E-state index < -0.39 is 0 Å². The molecule has 0 aliphatic carbocycles. The molecule has 0 atom stereocenters. The van der Waals surface area contributed by atoms with Gasteiger partial charge >= 0.3 is 0 Å². The number of para-hydroxylation sites is 1. The molecule has 0 bridgehead atoms.